The zero-order valence-corrected chi connectivity index (χ0v) is 17.2. The topological polar surface area (TPSA) is 66.6 Å². The molecule has 0 aliphatic heterocycles. The molecule has 0 aliphatic carbocycles. The fourth-order valence-electron chi connectivity index (χ4n) is 2.92. The van der Waals surface area contributed by atoms with Crippen molar-refractivity contribution >= 4 is 51.8 Å². The lowest BCUT2D eigenvalue weighted by Crippen LogP contribution is -2.25. The van der Waals surface area contributed by atoms with Crippen LogP contribution in [0.25, 0.3) is 22.1 Å². The Hall–Kier alpha value is -3.28. The number of nitrogens with zero attached hydrogens (tertiary/aromatic N) is 1. The average Bonchev–Trinajstić information content (AvgIpc) is 3.23. The van der Waals surface area contributed by atoms with Crippen LogP contribution in [-0.4, -0.2) is 18.7 Å². The molecule has 0 aliphatic rings. The second kappa shape index (κ2) is 9.03. The molecule has 7 heteroatoms. The molecular weight excluding hydrogens is 421 g/mol. The van der Waals surface area contributed by atoms with Crippen LogP contribution in [-0.2, 0) is 4.79 Å². The van der Waals surface area contributed by atoms with Gasteiger partial charge in [-0.15, -0.1) is 0 Å². The lowest BCUT2D eigenvalue weighted by molar-refractivity contribution is -0.119. The number of rotatable bonds is 6. The lowest BCUT2D eigenvalue weighted by Gasteiger charge is -2.06. The standard InChI is InChI=1S/C23H17Cl2N3O2/c24-20-9-6-17(12-21(20)25)22-10-8-19(30-22)13-27-28-23(29)14-26-18-7-5-15-3-1-2-4-16(15)11-18/h1-13,26H,14H2,(H,28,29). The van der Waals surface area contributed by atoms with Crippen LogP contribution in [0.5, 0.6) is 0 Å². The van der Waals surface area contributed by atoms with Crippen LogP contribution in [0.3, 0.4) is 0 Å². The zero-order valence-electron chi connectivity index (χ0n) is 15.7. The second-order valence-corrected chi connectivity index (χ2v) is 7.35. The lowest BCUT2D eigenvalue weighted by atomic mass is 10.1. The summed E-state index contributed by atoms with van der Waals surface area (Å²) in [5, 5.41) is 10.2. The van der Waals surface area contributed by atoms with Gasteiger partial charge in [0.05, 0.1) is 22.8 Å². The van der Waals surface area contributed by atoms with E-state index in [-0.39, 0.29) is 12.5 Å². The minimum Gasteiger partial charge on any atom is -0.455 e. The van der Waals surface area contributed by atoms with Crippen molar-refractivity contribution in [3.63, 3.8) is 0 Å². The van der Waals surface area contributed by atoms with Gasteiger partial charge in [0.15, 0.2) is 0 Å². The number of nitrogens with one attached hydrogen (secondary N) is 2. The molecule has 0 atom stereocenters. The summed E-state index contributed by atoms with van der Waals surface area (Å²) in [4.78, 5) is 12.0. The molecule has 5 nitrogen and oxygen atoms in total. The van der Waals surface area contributed by atoms with E-state index in [1.54, 1.807) is 24.3 Å². The van der Waals surface area contributed by atoms with Crippen molar-refractivity contribution in [2.45, 2.75) is 0 Å². The Balaban J connectivity index is 1.31. The molecular formula is C23H17Cl2N3O2. The third kappa shape index (κ3) is 4.82. The van der Waals surface area contributed by atoms with Gasteiger partial charge in [-0.25, -0.2) is 5.43 Å². The summed E-state index contributed by atoms with van der Waals surface area (Å²) in [6, 6.07) is 22.8. The fourth-order valence-corrected chi connectivity index (χ4v) is 3.21. The molecule has 0 bridgehead atoms. The number of halogens is 2. The Bertz CT molecular complexity index is 1230. The fraction of sp³-hybridized carbons (Fsp3) is 0.0435. The van der Waals surface area contributed by atoms with E-state index in [1.165, 1.54) is 6.21 Å². The molecule has 3 aromatic carbocycles. The van der Waals surface area contributed by atoms with Gasteiger partial charge in [0, 0.05) is 11.3 Å². The highest BCUT2D eigenvalue weighted by atomic mass is 35.5. The number of hydrogen-bond donors (Lipinski definition) is 2. The molecule has 150 valence electrons. The van der Waals surface area contributed by atoms with Gasteiger partial charge in [0.1, 0.15) is 11.5 Å². The van der Waals surface area contributed by atoms with Crippen LogP contribution in [0.4, 0.5) is 5.69 Å². The van der Waals surface area contributed by atoms with E-state index >= 15 is 0 Å². The maximum absolute atomic E-state index is 12.0. The molecule has 2 N–H and O–H groups in total. The smallest absolute Gasteiger partial charge is 0.259 e. The summed E-state index contributed by atoms with van der Waals surface area (Å²) < 4.78 is 5.70. The Morgan fingerprint density at radius 1 is 0.933 bits per heavy atom. The maximum atomic E-state index is 12.0. The highest BCUT2D eigenvalue weighted by Gasteiger charge is 2.06. The SMILES string of the molecule is O=C(CNc1ccc2ccccc2c1)NN=Cc1ccc(-c2ccc(Cl)c(Cl)c2)o1. The van der Waals surface area contributed by atoms with E-state index in [9.17, 15) is 4.79 Å². The third-order valence-electron chi connectivity index (χ3n) is 4.41. The molecule has 0 saturated carbocycles. The normalized spacial score (nSPS) is 11.1. The van der Waals surface area contributed by atoms with Crippen LogP contribution in [0.15, 0.2) is 82.3 Å². The van der Waals surface area contributed by atoms with E-state index in [1.807, 2.05) is 48.5 Å². The van der Waals surface area contributed by atoms with Crippen LogP contribution in [0.1, 0.15) is 5.76 Å². The minimum absolute atomic E-state index is 0.0996. The van der Waals surface area contributed by atoms with Gasteiger partial charge in [0.25, 0.3) is 5.91 Å². The predicted molar refractivity (Wildman–Crippen MR) is 122 cm³/mol. The van der Waals surface area contributed by atoms with Crippen molar-refractivity contribution in [1.82, 2.24) is 5.43 Å². The maximum Gasteiger partial charge on any atom is 0.259 e. The van der Waals surface area contributed by atoms with Crippen LogP contribution < -0.4 is 10.7 Å². The Morgan fingerprint density at radius 2 is 1.77 bits per heavy atom. The van der Waals surface area contributed by atoms with E-state index in [0.717, 1.165) is 22.0 Å². The average molecular weight is 438 g/mol. The van der Waals surface area contributed by atoms with E-state index < -0.39 is 0 Å². The van der Waals surface area contributed by atoms with Gasteiger partial charge in [-0.1, -0.05) is 53.5 Å². The van der Waals surface area contributed by atoms with E-state index in [0.29, 0.717) is 21.6 Å². The molecule has 0 spiro atoms. The molecule has 0 fully saturated rings. The highest BCUT2D eigenvalue weighted by Crippen LogP contribution is 2.29. The number of hydrogen-bond acceptors (Lipinski definition) is 4. The Labute approximate surface area is 183 Å². The number of hydrazone groups is 1. The van der Waals surface area contributed by atoms with Gasteiger partial charge in [0.2, 0.25) is 0 Å². The van der Waals surface area contributed by atoms with E-state index in [4.69, 9.17) is 27.6 Å². The third-order valence-corrected chi connectivity index (χ3v) is 5.15. The highest BCUT2D eigenvalue weighted by molar-refractivity contribution is 6.42. The van der Waals surface area contributed by atoms with Crippen molar-refractivity contribution in [1.29, 1.82) is 0 Å². The van der Waals surface area contributed by atoms with Crippen LogP contribution in [0.2, 0.25) is 10.0 Å². The van der Waals surface area contributed by atoms with Crippen molar-refractivity contribution in [3.05, 3.63) is 88.6 Å². The first kappa shape index (κ1) is 20.0. The predicted octanol–water partition coefficient (Wildman–Crippen LogP) is 5.97. The first-order valence-electron chi connectivity index (χ1n) is 9.18. The van der Waals surface area contributed by atoms with Gasteiger partial charge in [-0.05, 0) is 53.2 Å². The van der Waals surface area contributed by atoms with Gasteiger partial charge in [-0.2, -0.15) is 5.10 Å². The quantitative estimate of drug-likeness (QED) is 0.288. The zero-order chi connectivity index (χ0) is 20.9. The molecule has 0 radical (unpaired) electrons. The molecule has 1 heterocycles. The summed E-state index contributed by atoms with van der Waals surface area (Å²) >= 11 is 12.0. The summed E-state index contributed by atoms with van der Waals surface area (Å²) in [5.74, 6) is 0.855. The molecule has 4 aromatic rings. The molecule has 1 aromatic heterocycles. The second-order valence-electron chi connectivity index (χ2n) is 6.54. The summed E-state index contributed by atoms with van der Waals surface area (Å²) in [6.07, 6.45) is 1.44. The molecule has 0 saturated heterocycles. The largest absolute Gasteiger partial charge is 0.455 e. The van der Waals surface area contributed by atoms with Crippen molar-refractivity contribution in [2.75, 3.05) is 11.9 Å². The molecule has 1 amide bonds. The van der Waals surface area contributed by atoms with Gasteiger partial charge < -0.3 is 9.73 Å². The van der Waals surface area contributed by atoms with E-state index in [2.05, 4.69) is 15.8 Å². The monoisotopic (exact) mass is 437 g/mol. The minimum atomic E-state index is -0.268. The Kier molecular flexibility index (Phi) is 6.02. The van der Waals surface area contributed by atoms with Gasteiger partial charge >= 0.3 is 0 Å². The number of amides is 1. The number of fused-ring (bicyclic) bond motifs is 1. The molecule has 30 heavy (non-hydrogen) atoms. The van der Waals surface area contributed by atoms with Gasteiger partial charge in [-0.3, -0.25) is 4.79 Å². The first-order chi connectivity index (χ1) is 14.6. The number of anilines is 1. The van der Waals surface area contributed by atoms with Crippen molar-refractivity contribution in [3.8, 4) is 11.3 Å². The molecule has 0 unspecified atom stereocenters. The van der Waals surface area contributed by atoms with Crippen LogP contribution in [0, 0.1) is 0 Å². The summed E-state index contributed by atoms with van der Waals surface area (Å²) in [7, 11) is 0. The number of carbonyl (C=O) groups excluding carboxylic acids is 1. The summed E-state index contributed by atoms with van der Waals surface area (Å²) in [6.45, 7) is 0.0996. The number of carbonyl (C=O) groups is 1. The summed E-state index contributed by atoms with van der Waals surface area (Å²) in [5.41, 5.74) is 4.14. The molecule has 4 rings (SSSR count). The number of benzene rings is 3. The van der Waals surface area contributed by atoms with Crippen molar-refractivity contribution < 1.29 is 9.21 Å². The number of furan rings is 1. The van der Waals surface area contributed by atoms with Crippen molar-refractivity contribution in [2.24, 2.45) is 5.10 Å². The Morgan fingerprint density at radius 3 is 2.60 bits per heavy atom. The first-order valence-corrected chi connectivity index (χ1v) is 9.94. The van der Waals surface area contributed by atoms with Crippen LogP contribution >= 0.6 is 23.2 Å².